The van der Waals surface area contributed by atoms with Crippen molar-refractivity contribution in [1.82, 2.24) is 19.7 Å². The molecule has 0 atom stereocenters. The van der Waals surface area contributed by atoms with E-state index in [0.717, 1.165) is 23.5 Å². The van der Waals surface area contributed by atoms with Crippen molar-refractivity contribution in [1.29, 1.82) is 0 Å². The second kappa shape index (κ2) is 4.40. The summed E-state index contributed by atoms with van der Waals surface area (Å²) < 4.78 is 6.93. The highest BCUT2D eigenvalue weighted by atomic mass is 16.5. The van der Waals surface area contributed by atoms with Crippen molar-refractivity contribution in [3.63, 3.8) is 0 Å². The molecule has 2 aromatic heterocycles. The van der Waals surface area contributed by atoms with Gasteiger partial charge < -0.3 is 10.5 Å². The zero-order valence-corrected chi connectivity index (χ0v) is 10.1. The third-order valence-electron chi connectivity index (χ3n) is 2.48. The van der Waals surface area contributed by atoms with E-state index < -0.39 is 0 Å². The van der Waals surface area contributed by atoms with Gasteiger partial charge in [-0.05, 0) is 13.8 Å². The van der Waals surface area contributed by atoms with Crippen LogP contribution in [0, 0.1) is 6.92 Å². The summed E-state index contributed by atoms with van der Waals surface area (Å²) in [5.74, 6) is 0.652. The molecule has 90 valence electrons. The summed E-state index contributed by atoms with van der Waals surface area (Å²) in [6, 6.07) is 1.75. The van der Waals surface area contributed by atoms with Crippen LogP contribution in [0.2, 0.25) is 0 Å². The first-order valence-corrected chi connectivity index (χ1v) is 5.37. The van der Waals surface area contributed by atoms with Crippen LogP contribution in [0.1, 0.15) is 12.6 Å². The molecule has 2 rings (SSSR count). The lowest BCUT2D eigenvalue weighted by atomic mass is 10.2. The Kier molecular flexibility index (Phi) is 2.95. The van der Waals surface area contributed by atoms with Gasteiger partial charge in [-0.3, -0.25) is 4.68 Å². The number of anilines is 1. The molecular formula is C11H15N5O. The highest BCUT2D eigenvalue weighted by Gasteiger charge is 2.11. The summed E-state index contributed by atoms with van der Waals surface area (Å²) in [5.41, 5.74) is 8.21. The zero-order valence-electron chi connectivity index (χ0n) is 10.1. The first-order chi connectivity index (χ1) is 8.13. The number of rotatable bonds is 3. The Balaban J connectivity index is 2.51. The number of hydrogen-bond acceptors (Lipinski definition) is 5. The van der Waals surface area contributed by atoms with Crippen molar-refractivity contribution in [2.75, 3.05) is 12.8 Å². The molecule has 0 saturated heterocycles. The maximum atomic E-state index is 5.63. The monoisotopic (exact) mass is 233 g/mol. The zero-order chi connectivity index (χ0) is 12.4. The molecule has 0 radical (unpaired) electrons. The van der Waals surface area contributed by atoms with Crippen LogP contribution in [0.25, 0.3) is 11.3 Å². The van der Waals surface area contributed by atoms with Gasteiger partial charge in [0.25, 0.3) is 0 Å². The van der Waals surface area contributed by atoms with E-state index in [4.69, 9.17) is 10.5 Å². The Hall–Kier alpha value is -2.11. The minimum atomic E-state index is 0.197. The van der Waals surface area contributed by atoms with E-state index in [0.29, 0.717) is 5.88 Å². The van der Waals surface area contributed by atoms with Crippen molar-refractivity contribution in [3.05, 3.63) is 18.0 Å². The number of aromatic nitrogens is 4. The largest absolute Gasteiger partial charge is 0.481 e. The van der Waals surface area contributed by atoms with E-state index in [1.54, 1.807) is 13.2 Å². The van der Waals surface area contributed by atoms with Gasteiger partial charge in [-0.2, -0.15) is 10.1 Å². The van der Waals surface area contributed by atoms with Crippen LogP contribution >= 0.6 is 0 Å². The van der Waals surface area contributed by atoms with Gasteiger partial charge in [0, 0.05) is 24.4 Å². The molecule has 6 nitrogen and oxygen atoms in total. The van der Waals surface area contributed by atoms with Crippen LogP contribution in [-0.2, 0) is 6.54 Å². The summed E-state index contributed by atoms with van der Waals surface area (Å²) in [7, 11) is 1.55. The molecule has 0 aliphatic rings. The fraction of sp³-hybridized carbons (Fsp3) is 0.364. The van der Waals surface area contributed by atoms with Crippen molar-refractivity contribution in [3.8, 4) is 17.1 Å². The van der Waals surface area contributed by atoms with E-state index in [2.05, 4.69) is 15.1 Å². The molecule has 2 N–H and O–H groups in total. The fourth-order valence-electron chi connectivity index (χ4n) is 1.62. The van der Waals surface area contributed by atoms with Crippen LogP contribution in [-0.4, -0.2) is 26.9 Å². The predicted molar refractivity (Wildman–Crippen MR) is 64.6 cm³/mol. The number of aryl methyl sites for hydroxylation is 2. The molecule has 0 aromatic carbocycles. The Morgan fingerprint density at radius 2 is 2.18 bits per heavy atom. The summed E-state index contributed by atoms with van der Waals surface area (Å²) in [5, 5.41) is 4.37. The Bertz CT molecular complexity index is 535. The highest BCUT2D eigenvalue weighted by molar-refractivity contribution is 5.62. The van der Waals surface area contributed by atoms with Crippen LogP contribution < -0.4 is 10.5 Å². The van der Waals surface area contributed by atoms with Crippen molar-refractivity contribution < 1.29 is 4.74 Å². The van der Waals surface area contributed by atoms with Gasteiger partial charge >= 0.3 is 0 Å². The smallest absolute Gasteiger partial charge is 0.223 e. The molecule has 0 spiro atoms. The first kappa shape index (κ1) is 11.4. The van der Waals surface area contributed by atoms with Crippen LogP contribution in [0.15, 0.2) is 12.3 Å². The number of nitrogens with zero attached hydrogens (tertiary/aromatic N) is 4. The maximum absolute atomic E-state index is 5.63. The Labute approximate surface area is 99.4 Å². The van der Waals surface area contributed by atoms with E-state index >= 15 is 0 Å². The average Bonchev–Trinajstić information content (AvgIpc) is 2.69. The summed E-state index contributed by atoms with van der Waals surface area (Å²) in [4.78, 5) is 8.15. The first-order valence-electron chi connectivity index (χ1n) is 5.37. The fourth-order valence-corrected chi connectivity index (χ4v) is 1.62. The lowest BCUT2D eigenvalue weighted by Crippen LogP contribution is -1.99. The Morgan fingerprint density at radius 3 is 2.76 bits per heavy atom. The van der Waals surface area contributed by atoms with E-state index in [1.165, 1.54) is 0 Å². The van der Waals surface area contributed by atoms with Gasteiger partial charge in [-0.15, -0.1) is 0 Å². The molecule has 0 aliphatic heterocycles. The van der Waals surface area contributed by atoms with Crippen LogP contribution in [0.5, 0.6) is 5.88 Å². The molecule has 0 fully saturated rings. The SMILES string of the molecule is CCn1cc(-c2cc(OC)nc(N)n2)c(C)n1. The molecule has 0 amide bonds. The second-order valence-electron chi connectivity index (χ2n) is 3.64. The number of hydrogen-bond donors (Lipinski definition) is 1. The molecule has 2 heterocycles. The van der Waals surface area contributed by atoms with Gasteiger partial charge in [0.15, 0.2) is 0 Å². The van der Waals surface area contributed by atoms with Gasteiger partial charge in [-0.1, -0.05) is 0 Å². The number of nitrogens with two attached hydrogens (primary N) is 1. The van der Waals surface area contributed by atoms with E-state index in [1.807, 2.05) is 24.7 Å². The summed E-state index contributed by atoms with van der Waals surface area (Å²) in [6.07, 6.45) is 1.94. The van der Waals surface area contributed by atoms with Gasteiger partial charge in [0.1, 0.15) is 0 Å². The number of methoxy groups -OCH3 is 1. The molecule has 0 saturated carbocycles. The van der Waals surface area contributed by atoms with E-state index in [-0.39, 0.29) is 5.95 Å². The van der Waals surface area contributed by atoms with Crippen molar-refractivity contribution in [2.24, 2.45) is 0 Å². The quantitative estimate of drug-likeness (QED) is 0.863. The molecule has 0 aliphatic carbocycles. The maximum Gasteiger partial charge on any atom is 0.223 e. The van der Waals surface area contributed by atoms with Crippen LogP contribution in [0.4, 0.5) is 5.95 Å². The molecule has 6 heteroatoms. The molecular weight excluding hydrogens is 218 g/mol. The lowest BCUT2D eigenvalue weighted by Gasteiger charge is -2.03. The predicted octanol–water partition coefficient (Wildman–Crippen LogP) is 1.26. The van der Waals surface area contributed by atoms with Crippen molar-refractivity contribution in [2.45, 2.75) is 20.4 Å². The van der Waals surface area contributed by atoms with Crippen LogP contribution in [0.3, 0.4) is 0 Å². The topological polar surface area (TPSA) is 78.9 Å². The second-order valence-corrected chi connectivity index (χ2v) is 3.64. The molecule has 0 unspecified atom stereocenters. The number of ether oxygens (including phenoxy) is 1. The minimum Gasteiger partial charge on any atom is -0.481 e. The summed E-state index contributed by atoms with van der Waals surface area (Å²) >= 11 is 0. The third kappa shape index (κ3) is 2.20. The molecule has 2 aromatic rings. The lowest BCUT2D eigenvalue weighted by molar-refractivity contribution is 0.398. The normalized spacial score (nSPS) is 10.5. The highest BCUT2D eigenvalue weighted by Crippen LogP contribution is 2.24. The third-order valence-corrected chi connectivity index (χ3v) is 2.48. The van der Waals surface area contributed by atoms with Gasteiger partial charge in [0.05, 0.1) is 18.5 Å². The molecule has 0 bridgehead atoms. The molecule has 17 heavy (non-hydrogen) atoms. The standard InChI is InChI=1S/C11H15N5O/c1-4-16-6-8(7(2)15-16)9-5-10(17-3)14-11(12)13-9/h5-6H,4H2,1-3H3,(H2,12,13,14). The Morgan fingerprint density at radius 1 is 1.41 bits per heavy atom. The van der Waals surface area contributed by atoms with Gasteiger partial charge in [-0.25, -0.2) is 4.98 Å². The van der Waals surface area contributed by atoms with Crippen molar-refractivity contribution >= 4 is 5.95 Å². The van der Waals surface area contributed by atoms with E-state index in [9.17, 15) is 0 Å². The number of nitrogen functional groups attached to an aromatic ring is 1. The van der Waals surface area contributed by atoms with Gasteiger partial charge in [0.2, 0.25) is 11.8 Å². The average molecular weight is 233 g/mol. The summed E-state index contributed by atoms with van der Waals surface area (Å²) in [6.45, 7) is 4.79. The minimum absolute atomic E-state index is 0.197.